The molecular weight excluding hydrogens is 325 g/mol. The molecule has 0 amide bonds. The lowest BCUT2D eigenvalue weighted by Gasteiger charge is -2.32. The Morgan fingerprint density at radius 1 is 1.35 bits per heavy atom. The van der Waals surface area contributed by atoms with Gasteiger partial charge in [0, 0.05) is 13.2 Å². The lowest BCUT2D eigenvalue weighted by atomic mass is 9.92. The van der Waals surface area contributed by atoms with Gasteiger partial charge in [-0.25, -0.2) is 4.39 Å². The Hall–Kier alpha value is -1.70. The Balaban J connectivity index is 0.00000192. The number of rotatable bonds is 5. The van der Waals surface area contributed by atoms with E-state index >= 15 is 0 Å². The first-order valence-electron chi connectivity index (χ1n) is 7.19. The molecule has 6 nitrogen and oxygen atoms in total. The van der Waals surface area contributed by atoms with Crippen molar-refractivity contribution in [3.8, 4) is 5.75 Å². The van der Waals surface area contributed by atoms with Crippen LogP contribution >= 0.6 is 12.4 Å². The molecule has 0 unspecified atom stereocenters. The number of hydrogen-bond acceptors (Lipinski definition) is 6. The van der Waals surface area contributed by atoms with Gasteiger partial charge in [-0.05, 0) is 38.1 Å². The molecule has 1 aliphatic heterocycles. The molecule has 1 fully saturated rings. The Kier molecular flexibility index (Phi) is 5.92. The molecule has 23 heavy (non-hydrogen) atoms. The normalized spacial score (nSPS) is 16.6. The lowest BCUT2D eigenvalue weighted by molar-refractivity contribution is -0.0622. The number of nitrogens with zero attached hydrogens (tertiary/aromatic N) is 2. The van der Waals surface area contributed by atoms with Gasteiger partial charge in [-0.2, -0.15) is 4.98 Å². The van der Waals surface area contributed by atoms with E-state index in [9.17, 15) is 4.39 Å². The zero-order chi connectivity index (χ0) is 15.4. The van der Waals surface area contributed by atoms with Crippen LogP contribution in [0.3, 0.4) is 0 Å². The van der Waals surface area contributed by atoms with Gasteiger partial charge >= 0.3 is 0 Å². The minimum atomic E-state index is -0.532. The van der Waals surface area contributed by atoms with E-state index in [0.717, 1.165) is 25.9 Å². The predicted molar refractivity (Wildman–Crippen MR) is 83.1 cm³/mol. The number of piperidine rings is 1. The van der Waals surface area contributed by atoms with E-state index in [4.69, 9.17) is 14.0 Å². The maximum absolute atomic E-state index is 13.1. The summed E-state index contributed by atoms with van der Waals surface area (Å²) in [7, 11) is 1.65. The van der Waals surface area contributed by atoms with Crippen molar-refractivity contribution in [3.63, 3.8) is 0 Å². The van der Waals surface area contributed by atoms with Gasteiger partial charge in [0.05, 0.1) is 0 Å². The number of methoxy groups -OCH3 is 1. The van der Waals surface area contributed by atoms with Crippen molar-refractivity contribution in [1.29, 1.82) is 0 Å². The summed E-state index contributed by atoms with van der Waals surface area (Å²) < 4.78 is 29.5. The third-order valence-electron chi connectivity index (χ3n) is 3.82. The van der Waals surface area contributed by atoms with Crippen LogP contribution in [0.4, 0.5) is 4.39 Å². The maximum atomic E-state index is 13.1. The van der Waals surface area contributed by atoms with Gasteiger partial charge in [0.15, 0.2) is 6.61 Å². The smallest absolute Gasteiger partial charge is 0.259 e. The topological polar surface area (TPSA) is 69.4 Å². The van der Waals surface area contributed by atoms with E-state index in [0.29, 0.717) is 17.5 Å². The third kappa shape index (κ3) is 3.99. The van der Waals surface area contributed by atoms with Crippen LogP contribution in [0, 0.1) is 5.82 Å². The Labute approximate surface area is 139 Å². The average molecular weight is 344 g/mol. The highest BCUT2D eigenvalue weighted by atomic mass is 35.5. The van der Waals surface area contributed by atoms with Crippen molar-refractivity contribution >= 4 is 12.4 Å². The highest BCUT2D eigenvalue weighted by Crippen LogP contribution is 2.32. The summed E-state index contributed by atoms with van der Waals surface area (Å²) >= 11 is 0. The molecule has 1 N–H and O–H groups in total. The predicted octanol–water partition coefficient (Wildman–Crippen LogP) is 2.43. The summed E-state index contributed by atoms with van der Waals surface area (Å²) in [5, 5.41) is 7.19. The molecule has 2 aromatic rings. The van der Waals surface area contributed by atoms with Gasteiger partial charge in [-0.15, -0.1) is 12.4 Å². The first-order valence-corrected chi connectivity index (χ1v) is 7.19. The van der Waals surface area contributed by atoms with Crippen molar-refractivity contribution in [2.45, 2.75) is 25.0 Å². The standard InChI is InChI=1S/C15H18FN3O3.ClH/c1-20-15(5-7-17-8-6-15)14-18-13(19-22-14)10-21-12-4-2-3-11(16)9-12;/h2-4,9,17H,5-8,10H2,1H3;1H. The number of aromatic nitrogens is 2. The molecule has 0 aliphatic carbocycles. The SMILES string of the molecule is COC1(c2nc(COc3cccc(F)c3)no2)CCNCC1.Cl. The van der Waals surface area contributed by atoms with Crippen molar-refractivity contribution < 1.29 is 18.4 Å². The fourth-order valence-electron chi connectivity index (χ4n) is 2.54. The van der Waals surface area contributed by atoms with Crippen LogP contribution in [0.2, 0.25) is 0 Å². The second kappa shape index (κ2) is 7.72. The molecule has 0 spiro atoms. The molecule has 8 heteroatoms. The molecule has 2 heterocycles. The van der Waals surface area contributed by atoms with Crippen LogP contribution < -0.4 is 10.1 Å². The highest BCUT2D eigenvalue weighted by Gasteiger charge is 2.39. The van der Waals surface area contributed by atoms with Crippen molar-refractivity contribution in [1.82, 2.24) is 15.5 Å². The second-order valence-corrected chi connectivity index (χ2v) is 5.21. The van der Waals surface area contributed by atoms with Crippen LogP contribution in [0.5, 0.6) is 5.75 Å². The van der Waals surface area contributed by atoms with Gasteiger partial charge in [0.2, 0.25) is 5.82 Å². The zero-order valence-electron chi connectivity index (χ0n) is 12.8. The van der Waals surface area contributed by atoms with Gasteiger partial charge < -0.3 is 19.3 Å². The van der Waals surface area contributed by atoms with Crippen LogP contribution in [0.25, 0.3) is 0 Å². The Morgan fingerprint density at radius 3 is 2.83 bits per heavy atom. The van der Waals surface area contributed by atoms with Crippen LogP contribution in [-0.2, 0) is 16.9 Å². The van der Waals surface area contributed by atoms with Crippen molar-refractivity contribution in [2.75, 3.05) is 20.2 Å². The molecule has 1 aromatic carbocycles. The summed E-state index contributed by atoms with van der Waals surface area (Å²) in [4.78, 5) is 4.37. The van der Waals surface area contributed by atoms with Crippen LogP contribution in [0.15, 0.2) is 28.8 Å². The highest BCUT2D eigenvalue weighted by molar-refractivity contribution is 5.85. The Morgan fingerprint density at radius 2 is 2.13 bits per heavy atom. The first kappa shape index (κ1) is 17.7. The molecule has 0 atom stereocenters. The van der Waals surface area contributed by atoms with E-state index < -0.39 is 5.60 Å². The molecule has 3 rings (SSSR count). The number of benzene rings is 1. The zero-order valence-corrected chi connectivity index (χ0v) is 13.6. The number of ether oxygens (including phenoxy) is 2. The summed E-state index contributed by atoms with van der Waals surface area (Å²) in [5.41, 5.74) is -0.532. The number of hydrogen-bond donors (Lipinski definition) is 1. The van der Waals surface area contributed by atoms with Crippen LogP contribution in [0.1, 0.15) is 24.6 Å². The fourth-order valence-corrected chi connectivity index (χ4v) is 2.54. The molecule has 126 valence electrons. The monoisotopic (exact) mass is 343 g/mol. The number of halogens is 2. The van der Waals surface area contributed by atoms with Crippen LogP contribution in [-0.4, -0.2) is 30.3 Å². The van der Waals surface area contributed by atoms with E-state index in [2.05, 4.69) is 15.5 Å². The molecule has 1 aliphatic rings. The maximum Gasteiger partial charge on any atom is 0.259 e. The Bertz CT molecular complexity index is 632. The fraction of sp³-hybridized carbons (Fsp3) is 0.467. The van der Waals surface area contributed by atoms with Gasteiger partial charge in [-0.1, -0.05) is 11.2 Å². The second-order valence-electron chi connectivity index (χ2n) is 5.21. The first-order chi connectivity index (χ1) is 10.7. The van der Waals surface area contributed by atoms with E-state index in [-0.39, 0.29) is 24.8 Å². The van der Waals surface area contributed by atoms with E-state index in [1.807, 2.05) is 0 Å². The summed E-state index contributed by atoms with van der Waals surface area (Å²) in [6.07, 6.45) is 1.55. The summed E-state index contributed by atoms with van der Waals surface area (Å²) in [6.45, 7) is 1.79. The van der Waals surface area contributed by atoms with Gasteiger partial charge in [0.25, 0.3) is 5.89 Å². The third-order valence-corrected chi connectivity index (χ3v) is 3.82. The average Bonchev–Trinajstić information content (AvgIpc) is 3.03. The largest absolute Gasteiger partial charge is 0.485 e. The summed E-state index contributed by atoms with van der Waals surface area (Å²) in [6, 6.07) is 5.93. The quantitative estimate of drug-likeness (QED) is 0.899. The molecule has 1 aromatic heterocycles. The molecule has 0 bridgehead atoms. The van der Waals surface area contributed by atoms with Crippen molar-refractivity contribution in [3.05, 3.63) is 41.8 Å². The minimum Gasteiger partial charge on any atom is -0.485 e. The number of nitrogens with one attached hydrogen (secondary N) is 1. The summed E-state index contributed by atoms with van der Waals surface area (Å²) in [5.74, 6) is 0.956. The van der Waals surface area contributed by atoms with Gasteiger partial charge in [0.1, 0.15) is 17.2 Å². The minimum absolute atomic E-state index is 0. The lowest BCUT2D eigenvalue weighted by Crippen LogP contribution is -2.41. The van der Waals surface area contributed by atoms with Gasteiger partial charge in [-0.3, -0.25) is 0 Å². The van der Waals surface area contributed by atoms with Crippen molar-refractivity contribution in [2.24, 2.45) is 0 Å². The molecule has 0 radical (unpaired) electrons. The molecule has 1 saturated heterocycles. The molecular formula is C15H19ClFN3O3. The molecule has 0 saturated carbocycles. The van der Waals surface area contributed by atoms with E-state index in [1.54, 1.807) is 19.2 Å². The van der Waals surface area contributed by atoms with E-state index in [1.165, 1.54) is 12.1 Å².